The van der Waals surface area contributed by atoms with Gasteiger partial charge < -0.3 is 5.32 Å². The average Bonchev–Trinajstić information content (AvgIpc) is 1.80. The van der Waals surface area contributed by atoms with Crippen molar-refractivity contribution in [1.29, 1.82) is 0 Å². The smallest absolute Gasteiger partial charge is 0.267 e. The van der Waals surface area contributed by atoms with Crippen molar-refractivity contribution < 1.29 is 17.8 Å². The fourth-order valence-electron chi connectivity index (χ4n) is 0.877. The molecule has 0 saturated heterocycles. The molecule has 5 nitrogen and oxygen atoms in total. The number of carbonyl (C=O) groups excluding carboxylic acids is 1. The molecule has 2 N–H and O–H groups in total. The zero-order valence-electron chi connectivity index (χ0n) is 8.57. The Morgan fingerprint density at radius 1 is 1.57 bits per heavy atom. The van der Waals surface area contributed by atoms with Gasteiger partial charge in [0.05, 0.1) is 11.3 Å². The van der Waals surface area contributed by atoms with E-state index < -0.39 is 27.3 Å². The second-order valence-corrected chi connectivity index (χ2v) is 4.76. The predicted molar refractivity (Wildman–Crippen MR) is 54.6 cm³/mol. The van der Waals surface area contributed by atoms with E-state index in [1.165, 1.54) is 13.8 Å². The molecule has 1 radical (unpaired) electrons. The average molecular weight is 214 g/mol. The first-order valence-electron chi connectivity index (χ1n) is 3.56. The van der Waals surface area contributed by atoms with Crippen molar-refractivity contribution in [1.82, 2.24) is 5.32 Å². The minimum Gasteiger partial charge on any atom is -0.347 e. The Labute approximate surface area is 95.9 Å². The molecule has 0 aromatic carbocycles. The molecule has 0 aromatic rings. The number of carbonyl (C=O) groups is 1. The summed E-state index contributed by atoms with van der Waals surface area (Å²) in [4.78, 5) is 10.8. The van der Waals surface area contributed by atoms with Crippen LogP contribution in [0.5, 0.6) is 0 Å². The number of hydrogen-bond acceptors (Lipinski definition) is 3. The van der Waals surface area contributed by atoms with Gasteiger partial charge in [-0.15, -0.1) is 0 Å². The SMILES string of the molecule is C=CC(=O)NC(C)(C)CS(=O)(=O)O.[Li]. The third kappa shape index (κ3) is 8.32. The fraction of sp³-hybridized carbons (Fsp3) is 0.571. The minimum absolute atomic E-state index is 0. The van der Waals surface area contributed by atoms with E-state index >= 15 is 0 Å². The molecule has 0 aliphatic carbocycles. The van der Waals surface area contributed by atoms with Crippen LogP contribution < -0.4 is 5.32 Å². The van der Waals surface area contributed by atoms with E-state index in [0.29, 0.717) is 0 Å². The van der Waals surface area contributed by atoms with Gasteiger partial charge in [-0.05, 0) is 19.9 Å². The van der Waals surface area contributed by atoms with Crippen LogP contribution in [0.15, 0.2) is 12.7 Å². The number of nitrogens with one attached hydrogen (secondary N) is 1. The first kappa shape index (κ1) is 16.2. The van der Waals surface area contributed by atoms with Crippen molar-refractivity contribution in [3.05, 3.63) is 12.7 Å². The number of amides is 1. The van der Waals surface area contributed by atoms with Crippen LogP contribution in [-0.2, 0) is 14.9 Å². The van der Waals surface area contributed by atoms with Crippen molar-refractivity contribution in [3.8, 4) is 0 Å². The summed E-state index contributed by atoms with van der Waals surface area (Å²) in [6, 6.07) is 0. The molecule has 0 spiro atoms. The maximum Gasteiger partial charge on any atom is 0.267 e. The van der Waals surface area contributed by atoms with Crippen LogP contribution in [0.4, 0.5) is 0 Å². The summed E-state index contributed by atoms with van der Waals surface area (Å²) in [6.07, 6.45) is 1.03. The van der Waals surface area contributed by atoms with Crippen molar-refractivity contribution in [2.75, 3.05) is 5.75 Å². The molecule has 0 unspecified atom stereocenters. The molecule has 1 amide bonds. The van der Waals surface area contributed by atoms with E-state index in [4.69, 9.17) is 4.55 Å². The minimum atomic E-state index is -4.08. The van der Waals surface area contributed by atoms with Gasteiger partial charge >= 0.3 is 0 Å². The monoisotopic (exact) mass is 214 g/mol. The second kappa shape index (κ2) is 5.56. The van der Waals surface area contributed by atoms with Crippen LogP contribution in [0.3, 0.4) is 0 Å². The maximum absolute atomic E-state index is 10.8. The number of hydrogen-bond donors (Lipinski definition) is 2. The normalized spacial score (nSPS) is 11.4. The second-order valence-electron chi connectivity index (χ2n) is 3.30. The summed E-state index contributed by atoms with van der Waals surface area (Å²) in [5, 5.41) is 2.37. The molecule has 77 valence electrons. The Bertz CT molecular complexity index is 310. The van der Waals surface area contributed by atoms with Gasteiger partial charge in [-0.25, -0.2) is 0 Å². The molecule has 0 fully saturated rings. The molecule has 0 aliphatic rings. The summed E-state index contributed by atoms with van der Waals surface area (Å²) in [7, 11) is -4.08. The first-order chi connectivity index (χ1) is 5.66. The molecule has 14 heavy (non-hydrogen) atoms. The number of rotatable bonds is 4. The predicted octanol–water partition coefficient (Wildman–Crippen LogP) is -0.426. The Kier molecular flexibility index (Phi) is 6.42. The summed E-state index contributed by atoms with van der Waals surface area (Å²) in [6.45, 7) is 6.19. The van der Waals surface area contributed by atoms with Crippen molar-refractivity contribution in [2.24, 2.45) is 0 Å². The van der Waals surface area contributed by atoms with Crippen LogP contribution in [-0.4, -0.2) is 49.0 Å². The van der Waals surface area contributed by atoms with Gasteiger partial charge in [0.2, 0.25) is 5.91 Å². The molecule has 0 rings (SSSR count). The van der Waals surface area contributed by atoms with E-state index in [1.54, 1.807) is 0 Å². The van der Waals surface area contributed by atoms with Gasteiger partial charge in [0.1, 0.15) is 0 Å². The van der Waals surface area contributed by atoms with Crippen molar-refractivity contribution in [2.45, 2.75) is 19.4 Å². The molecule has 0 bridgehead atoms. The van der Waals surface area contributed by atoms with Crippen LogP contribution >= 0.6 is 0 Å². The van der Waals surface area contributed by atoms with Gasteiger partial charge in [-0.3, -0.25) is 9.35 Å². The summed E-state index contributed by atoms with van der Waals surface area (Å²) < 4.78 is 29.5. The van der Waals surface area contributed by atoms with Crippen molar-refractivity contribution in [3.63, 3.8) is 0 Å². The first-order valence-corrected chi connectivity index (χ1v) is 5.17. The largest absolute Gasteiger partial charge is 0.347 e. The van der Waals surface area contributed by atoms with Crippen LogP contribution in [0.1, 0.15) is 13.8 Å². The van der Waals surface area contributed by atoms with E-state index in [2.05, 4.69) is 11.9 Å². The fourth-order valence-corrected chi connectivity index (χ4v) is 1.86. The van der Waals surface area contributed by atoms with Gasteiger partial charge in [-0.2, -0.15) is 8.42 Å². The molecular weight excluding hydrogens is 201 g/mol. The Hall–Kier alpha value is -0.283. The van der Waals surface area contributed by atoms with Gasteiger partial charge in [0, 0.05) is 18.9 Å². The van der Waals surface area contributed by atoms with Crippen LogP contribution in [0.2, 0.25) is 0 Å². The Morgan fingerprint density at radius 2 is 2.00 bits per heavy atom. The Balaban J connectivity index is 0. The van der Waals surface area contributed by atoms with E-state index in [1.807, 2.05) is 0 Å². The van der Waals surface area contributed by atoms with Crippen molar-refractivity contribution >= 4 is 34.9 Å². The van der Waals surface area contributed by atoms with Crippen LogP contribution in [0.25, 0.3) is 0 Å². The topological polar surface area (TPSA) is 83.5 Å². The molecule has 7 heteroatoms. The van der Waals surface area contributed by atoms with Crippen LogP contribution in [0, 0.1) is 0 Å². The standard InChI is InChI=1S/C7H13NO4S.Li/c1-4-6(9)8-7(2,3)5-13(10,11)12;/h4H,1,5H2,2-3H3,(H,8,9)(H,10,11,12);. The van der Waals surface area contributed by atoms with E-state index in [0.717, 1.165) is 6.08 Å². The van der Waals surface area contributed by atoms with Gasteiger partial charge in [0.15, 0.2) is 0 Å². The molecule has 0 atom stereocenters. The Morgan fingerprint density at radius 3 is 2.29 bits per heavy atom. The summed E-state index contributed by atoms with van der Waals surface area (Å²) in [5.41, 5.74) is -1.00. The zero-order chi connectivity index (χ0) is 10.7. The molecule has 0 heterocycles. The summed E-state index contributed by atoms with van der Waals surface area (Å²) >= 11 is 0. The molecule has 0 aromatic heterocycles. The van der Waals surface area contributed by atoms with Gasteiger partial charge in [0.25, 0.3) is 10.1 Å². The van der Waals surface area contributed by atoms with E-state index in [9.17, 15) is 13.2 Å². The quantitative estimate of drug-likeness (QED) is 0.378. The zero-order valence-corrected chi connectivity index (χ0v) is 9.39. The van der Waals surface area contributed by atoms with Gasteiger partial charge in [-0.1, -0.05) is 6.58 Å². The third-order valence-corrected chi connectivity index (χ3v) is 2.28. The third-order valence-electron chi connectivity index (χ3n) is 1.19. The molecule has 0 saturated carbocycles. The molecule has 0 aliphatic heterocycles. The van der Waals surface area contributed by atoms with E-state index in [-0.39, 0.29) is 18.9 Å². The maximum atomic E-state index is 10.8. The molecular formula is C7H13LiNO4S. The summed E-state index contributed by atoms with van der Waals surface area (Å²) in [5.74, 6) is -1.01.